The van der Waals surface area contributed by atoms with E-state index in [0.29, 0.717) is 25.7 Å². The Morgan fingerprint density at radius 2 is 0.471 bits per heavy atom. The van der Waals surface area contributed by atoms with Crippen molar-refractivity contribution in [3.8, 4) is 0 Å². The van der Waals surface area contributed by atoms with E-state index in [2.05, 4.69) is 48.5 Å². The molecule has 19 heteroatoms. The fourth-order valence-electron chi connectivity index (χ4n) is 12.7. The molecule has 5 unspecified atom stereocenters. The number of hydrogen-bond acceptors (Lipinski definition) is 15. The fraction of sp³-hybridized carbons (Fsp3) is 0.952. The number of phosphoric ester groups is 2. The van der Waals surface area contributed by atoms with Crippen LogP contribution in [-0.2, 0) is 65.4 Å². The summed E-state index contributed by atoms with van der Waals surface area (Å²) < 4.78 is 68.7. The second-order valence-corrected chi connectivity index (χ2v) is 33.5. The molecular weight excluding hydrogens is 1330 g/mol. The van der Waals surface area contributed by atoms with Gasteiger partial charge < -0.3 is 33.8 Å². The van der Waals surface area contributed by atoms with E-state index in [9.17, 15) is 43.2 Å². The number of aliphatic hydroxyl groups is 1. The summed E-state index contributed by atoms with van der Waals surface area (Å²) in [6.07, 6.45) is 62.8. The molecule has 8 atom stereocenters. The molecule has 17 nitrogen and oxygen atoms in total. The number of rotatable bonds is 81. The molecule has 0 fully saturated rings. The van der Waals surface area contributed by atoms with Crippen molar-refractivity contribution in [1.29, 1.82) is 0 Å². The molecule has 606 valence electrons. The van der Waals surface area contributed by atoms with E-state index in [0.717, 1.165) is 114 Å². The van der Waals surface area contributed by atoms with E-state index in [4.69, 9.17) is 37.0 Å². The normalized spacial score (nSPS) is 14.7. The van der Waals surface area contributed by atoms with Gasteiger partial charge in [-0.1, -0.05) is 382 Å². The standard InChI is InChI=1S/C83H162O17P2/c1-8-12-13-14-15-16-17-18-19-20-21-22-26-29-32-35-38-41-50-57-64-80(85)93-70-78(99-82(87)66-59-52-42-39-36-33-30-27-24-23-25-28-31-34-37-40-47-54-61-74(5)9-2)72-97-101(89,90)95-68-77(84)69-96-102(91,92)98-73-79(100-83(88)67-60-53-46-44-49-56-63-76(7)11-4)71-94-81(86)65-58-51-45-43-48-55-62-75(6)10-3/h74-79,84H,8-73H2,1-7H3,(H,89,90)(H,91,92)/t74?,75?,76?,77-,78-,79-/m1/s1. The number of unbranched alkanes of at least 4 members (excludes halogenated alkanes) is 46. The van der Waals surface area contributed by atoms with Gasteiger partial charge in [0.1, 0.15) is 19.3 Å². The average molecular weight is 1490 g/mol. The maximum Gasteiger partial charge on any atom is 0.472 e. The lowest BCUT2D eigenvalue weighted by Crippen LogP contribution is -2.30. The van der Waals surface area contributed by atoms with Crippen LogP contribution in [0.4, 0.5) is 0 Å². The molecule has 102 heavy (non-hydrogen) atoms. The number of esters is 4. The Hall–Kier alpha value is -1.94. The van der Waals surface area contributed by atoms with Crippen LogP contribution in [0, 0.1) is 17.8 Å². The van der Waals surface area contributed by atoms with Crippen molar-refractivity contribution in [2.45, 2.75) is 452 Å². The van der Waals surface area contributed by atoms with Gasteiger partial charge in [0.25, 0.3) is 0 Å². The van der Waals surface area contributed by atoms with Gasteiger partial charge in [0.05, 0.1) is 26.4 Å². The second-order valence-electron chi connectivity index (χ2n) is 30.6. The molecule has 0 aliphatic rings. The van der Waals surface area contributed by atoms with Crippen molar-refractivity contribution < 1.29 is 80.2 Å². The van der Waals surface area contributed by atoms with Crippen molar-refractivity contribution in [1.82, 2.24) is 0 Å². The highest BCUT2D eigenvalue weighted by Crippen LogP contribution is 2.45. The summed E-state index contributed by atoms with van der Waals surface area (Å²) in [6, 6.07) is 0. The van der Waals surface area contributed by atoms with Crippen molar-refractivity contribution in [2.75, 3.05) is 39.6 Å². The number of hydrogen-bond donors (Lipinski definition) is 3. The minimum absolute atomic E-state index is 0.102. The van der Waals surface area contributed by atoms with Gasteiger partial charge >= 0.3 is 39.5 Å². The summed E-state index contributed by atoms with van der Waals surface area (Å²) >= 11 is 0. The Morgan fingerprint density at radius 1 is 0.275 bits per heavy atom. The van der Waals surface area contributed by atoms with Gasteiger partial charge in [-0.05, 0) is 43.4 Å². The molecule has 0 saturated carbocycles. The average Bonchev–Trinajstić information content (AvgIpc) is 1.42. The van der Waals surface area contributed by atoms with Crippen LogP contribution in [0.5, 0.6) is 0 Å². The van der Waals surface area contributed by atoms with Crippen LogP contribution >= 0.6 is 15.6 Å². The number of ether oxygens (including phenoxy) is 4. The van der Waals surface area contributed by atoms with E-state index in [-0.39, 0.29) is 25.7 Å². The highest BCUT2D eigenvalue weighted by Gasteiger charge is 2.30. The lowest BCUT2D eigenvalue weighted by Gasteiger charge is -2.21. The van der Waals surface area contributed by atoms with Crippen LogP contribution < -0.4 is 0 Å². The largest absolute Gasteiger partial charge is 0.472 e. The summed E-state index contributed by atoms with van der Waals surface area (Å²) in [5, 5.41) is 10.6. The molecule has 0 saturated heterocycles. The molecule has 3 N–H and O–H groups in total. The summed E-state index contributed by atoms with van der Waals surface area (Å²) in [5.74, 6) is 0.207. The number of carbonyl (C=O) groups excluding carboxylic acids is 4. The molecule has 0 aliphatic heterocycles. The lowest BCUT2D eigenvalue weighted by molar-refractivity contribution is -0.161. The molecule has 0 rings (SSSR count). The minimum Gasteiger partial charge on any atom is -0.462 e. The molecule has 0 aromatic carbocycles. The number of aliphatic hydroxyl groups excluding tert-OH is 1. The predicted molar refractivity (Wildman–Crippen MR) is 418 cm³/mol. The third-order valence-corrected chi connectivity index (χ3v) is 22.4. The van der Waals surface area contributed by atoms with Crippen molar-refractivity contribution >= 4 is 39.5 Å². The van der Waals surface area contributed by atoms with Gasteiger partial charge in [-0.2, -0.15) is 0 Å². The van der Waals surface area contributed by atoms with Crippen LogP contribution in [0.3, 0.4) is 0 Å². The number of carbonyl (C=O) groups is 4. The summed E-state index contributed by atoms with van der Waals surface area (Å²) in [6.45, 7) is 11.9. The Morgan fingerprint density at radius 3 is 0.696 bits per heavy atom. The van der Waals surface area contributed by atoms with Crippen molar-refractivity contribution in [3.05, 3.63) is 0 Å². The quantitative estimate of drug-likeness (QED) is 0.0222. The SMILES string of the molecule is CCCCCCCCCCCCCCCCCCCCCCC(=O)OC[C@H](COP(=O)(O)OC[C@@H](O)COP(=O)(O)OC[C@@H](COC(=O)CCCCCCCCC(C)CC)OC(=O)CCCCCCCCC(C)CC)OC(=O)CCCCCCCCCCCCCCCCCCCCC(C)CC. The maximum atomic E-state index is 13.1. The van der Waals surface area contributed by atoms with Gasteiger partial charge in [-0.25, -0.2) is 9.13 Å². The van der Waals surface area contributed by atoms with Gasteiger partial charge in [-0.15, -0.1) is 0 Å². The van der Waals surface area contributed by atoms with E-state index in [1.165, 1.54) is 238 Å². The Labute approximate surface area is 626 Å². The third-order valence-electron chi connectivity index (χ3n) is 20.5. The van der Waals surface area contributed by atoms with Gasteiger partial charge in [0.2, 0.25) is 0 Å². The van der Waals surface area contributed by atoms with Crippen LogP contribution in [0.1, 0.15) is 434 Å². The first-order valence-electron chi connectivity index (χ1n) is 43.0. The molecule has 0 heterocycles. The Bertz CT molecular complexity index is 1980. The van der Waals surface area contributed by atoms with Crippen molar-refractivity contribution in [2.24, 2.45) is 17.8 Å². The van der Waals surface area contributed by atoms with E-state index >= 15 is 0 Å². The first-order valence-corrected chi connectivity index (χ1v) is 46.0. The number of phosphoric acid groups is 2. The maximum absolute atomic E-state index is 13.1. The van der Waals surface area contributed by atoms with E-state index in [1.54, 1.807) is 0 Å². The molecule has 0 bridgehead atoms. The lowest BCUT2D eigenvalue weighted by atomic mass is 9.99. The third kappa shape index (κ3) is 72.3. The zero-order chi connectivity index (χ0) is 75.1. The monoisotopic (exact) mass is 1490 g/mol. The molecule has 0 aliphatic carbocycles. The summed E-state index contributed by atoms with van der Waals surface area (Å²) in [5.41, 5.74) is 0. The van der Waals surface area contributed by atoms with Crippen LogP contribution in [0.15, 0.2) is 0 Å². The second kappa shape index (κ2) is 73.2. The van der Waals surface area contributed by atoms with Gasteiger partial charge in [0, 0.05) is 25.7 Å². The summed E-state index contributed by atoms with van der Waals surface area (Å²) in [4.78, 5) is 73.0. The molecule has 0 aromatic rings. The Balaban J connectivity index is 5.19. The predicted octanol–water partition coefficient (Wildman–Crippen LogP) is 24.9. The van der Waals surface area contributed by atoms with Gasteiger partial charge in [0.15, 0.2) is 12.2 Å². The zero-order valence-electron chi connectivity index (χ0n) is 67.1. The molecular formula is C83H162O17P2. The molecule has 0 amide bonds. The highest BCUT2D eigenvalue weighted by atomic mass is 31.2. The molecule has 0 aromatic heterocycles. The van der Waals surface area contributed by atoms with Crippen molar-refractivity contribution in [3.63, 3.8) is 0 Å². The van der Waals surface area contributed by atoms with Crippen LogP contribution in [0.2, 0.25) is 0 Å². The Kier molecular flexibility index (Phi) is 71.8. The molecule has 0 radical (unpaired) electrons. The topological polar surface area (TPSA) is 237 Å². The smallest absolute Gasteiger partial charge is 0.462 e. The first-order chi connectivity index (χ1) is 49.3. The van der Waals surface area contributed by atoms with Crippen LogP contribution in [0.25, 0.3) is 0 Å². The van der Waals surface area contributed by atoms with Gasteiger partial charge in [-0.3, -0.25) is 37.3 Å². The summed E-state index contributed by atoms with van der Waals surface area (Å²) in [7, 11) is -9.92. The fourth-order valence-corrected chi connectivity index (χ4v) is 14.3. The molecule has 0 spiro atoms. The zero-order valence-corrected chi connectivity index (χ0v) is 68.9. The van der Waals surface area contributed by atoms with E-state index < -0.39 is 97.5 Å². The highest BCUT2D eigenvalue weighted by molar-refractivity contribution is 7.47. The van der Waals surface area contributed by atoms with E-state index in [1.807, 2.05) is 0 Å². The first kappa shape index (κ1) is 100. The van der Waals surface area contributed by atoms with Crippen LogP contribution in [-0.4, -0.2) is 96.7 Å². The minimum atomic E-state index is -4.96.